The molecule has 0 aliphatic carbocycles. The summed E-state index contributed by atoms with van der Waals surface area (Å²) in [7, 11) is -3.72. The van der Waals surface area contributed by atoms with Gasteiger partial charge >= 0.3 is 0 Å². The third-order valence-electron chi connectivity index (χ3n) is 2.86. The van der Waals surface area contributed by atoms with Crippen LogP contribution in [-0.4, -0.2) is 14.2 Å². The van der Waals surface area contributed by atoms with Crippen molar-refractivity contribution in [2.75, 3.05) is 4.72 Å². The highest BCUT2D eigenvalue weighted by molar-refractivity contribution is 9.10. The van der Waals surface area contributed by atoms with Gasteiger partial charge in [0, 0.05) is 22.1 Å². The fraction of sp³-hybridized carbons (Fsp3) is 0.133. The number of Topliss-reactive ketones (excluding diaryl/α,β-unsaturated/α-hetero) is 1. The molecule has 1 N–H and O–H groups in total. The Morgan fingerprint density at radius 1 is 1.14 bits per heavy atom. The first kappa shape index (κ1) is 15.7. The number of sulfonamides is 1. The second-order valence-corrected chi connectivity index (χ2v) is 7.02. The highest BCUT2D eigenvalue weighted by Crippen LogP contribution is 2.20. The van der Waals surface area contributed by atoms with E-state index in [1.54, 1.807) is 43.3 Å². The highest BCUT2D eigenvalue weighted by Gasteiger charge is 2.16. The Bertz CT molecular complexity index is 772. The molecule has 0 aliphatic rings. The maximum absolute atomic E-state index is 12.3. The molecule has 0 bridgehead atoms. The van der Waals surface area contributed by atoms with Crippen molar-refractivity contribution >= 4 is 37.4 Å². The van der Waals surface area contributed by atoms with Crippen molar-refractivity contribution in [1.29, 1.82) is 0 Å². The molecular formula is C15H14BrNO3S. The van der Waals surface area contributed by atoms with E-state index in [1.807, 2.05) is 0 Å². The molecule has 0 aliphatic heterocycles. The first-order valence-electron chi connectivity index (χ1n) is 6.34. The predicted molar refractivity (Wildman–Crippen MR) is 86.0 cm³/mol. The van der Waals surface area contributed by atoms with Crippen LogP contribution in [0.25, 0.3) is 0 Å². The molecule has 2 aromatic carbocycles. The predicted octanol–water partition coefficient (Wildman–Crippen LogP) is 3.84. The molecule has 2 rings (SSSR count). The molecular weight excluding hydrogens is 354 g/mol. The summed E-state index contributed by atoms with van der Waals surface area (Å²) < 4.78 is 27.9. The third-order valence-corrected chi connectivity index (χ3v) is 4.74. The molecule has 0 radical (unpaired) electrons. The van der Waals surface area contributed by atoms with Gasteiger partial charge in [0.25, 0.3) is 10.0 Å². The molecule has 0 spiro atoms. The fourth-order valence-corrected chi connectivity index (χ4v) is 3.30. The van der Waals surface area contributed by atoms with E-state index in [0.29, 0.717) is 17.7 Å². The maximum atomic E-state index is 12.3. The first-order chi connectivity index (χ1) is 9.92. The number of halogens is 1. The summed E-state index contributed by atoms with van der Waals surface area (Å²) in [5.74, 6) is -0.0884. The third kappa shape index (κ3) is 3.92. The number of nitrogens with one attached hydrogen (secondary N) is 1. The van der Waals surface area contributed by atoms with Gasteiger partial charge in [0.05, 0.1) is 4.90 Å². The van der Waals surface area contributed by atoms with Gasteiger partial charge in [-0.05, 0) is 30.3 Å². The van der Waals surface area contributed by atoms with Crippen molar-refractivity contribution in [3.63, 3.8) is 0 Å². The van der Waals surface area contributed by atoms with Gasteiger partial charge in [0.1, 0.15) is 0 Å². The van der Waals surface area contributed by atoms with Crippen molar-refractivity contribution in [3.05, 3.63) is 58.6 Å². The van der Waals surface area contributed by atoms with Gasteiger partial charge in [0.15, 0.2) is 5.78 Å². The number of carbonyl (C=O) groups excluding carboxylic acids is 1. The van der Waals surface area contributed by atoms with Crippen LogP contribution in [-0.2, 0) is 10.0 Å². The zero-order valence-electron chi connectivity index (χ0n) is 11.3. The molecule has 4 nitrogen and oxygen atoms in total. The van der Waals surface area contributed by atoms with Gasteiger partial charge in [-0.25, -0.2) is 8.42 Å². The number of benzene rings is 2. The number of carbonyl (C=O) groups is 1. The summed E-state index contributed by atoms with van der Waals surface area (Å²) in [6.45, 7) is 1.74. The molecule has 0 fully saturated rings. The molecule has 0 aromatic heterocycles. The van der Waals surface area contributed by atoms with Gasteiger partial charge in [-0.15, -0.1) is 0 Å². The van der Waals surface area contributed by atoms with E-state index in [2.05, 4.69) is 20.7 Å². The van der Waals surface area contributed by atoms with E-state index in [9.17, 15) is 13.2 Å². The lowest BCUT2D eigenvalue weighted by Crippen LogP contribution is -2.13. The van der Waals surface area contributed by atoms with Crippen molar-refractivity contribution in [2.45, 2.75) is 18.2 Å². The minimum Gasteiger partial charge on any atom is -0.294 e. The molecule has 0 heterocycles. The van der Waals surface area contributed by atoms with Crippen LogP contribution in [0, 0.1) is 0 Å². The van der Waals surface area contributed by atoms with E-state index < -0.39 is 10.0 Å². The van der Waals surface area contributed by atoms with Gasteiger partial charge in [-0.2, -0.15) is 0 Å². The zero-order chi connectivity index (χ0) is 15.5. The minimum atomic E-state index is -3.72. The van der Waals surface area contributed by atoms with Gasteiger partial charge < -0.3 is 0 Å². The van der Waals surface area contributed by atoms with Gasteiger partial charge in [-0.1, -0.05) is 41.1 Å². The fourth-order valence-electron chi connectivity index (χ4n) is 1.81. The van der Waals surface area contributed by atoms with Crippen LogP contribution in [0.15, 0.2) is 57.9 Å². The summed E-state index contributed by atoms with van der Waals surface area (Å²) >= 11 is 3.29. The lowest BCUT2D eigenvalue weighted by atomic mass is 10.1. The Kier molecular flexibility index (Phi) is 4.80. The molecule has 0 atom stereocenters. The smallest absolute Gasteiger partial charge is 0.261 e. The average molecular weight is 368 g/mol. The molecule has 0 amide bonds. The Hall–Kier alpha value is -1.66. The van der Waals surface area contributed by atoms with Crippen molar-refractivity contribution in [1.82, 2.24) is 0 Å². The summed E-state index contributed by atoms with van der Waals surface area (Å²) in [6.07, 6.45) is 0.336. The SMILES string of the molecule is CCC(=O)c1cccc(S(=O)(=O)Nc2cccc(Br)c2)c1. The standard InChI is InChI=1S/C15H14BrNO3S/c1-2-15(18)11-5-3-8-14(9-11)21(19,20)17-13-7-4-6-12(16)10-13/h3-10,17H,2H2,1H3. The van der Waals surface area contributed by atoms with E-state index in [0.717, 1.165) is 4.47 Å². The average Bonchev–Trinajstić information content (AvgIpc) is 2.46. The molecule has 2 aromatic rings. The van der Waals surface area contributed by atoms with Crippen LogP contribution < -0.4 is 4.72 Å². The number of rotatable bonds is 5. The summed E-state index contributed by atoms with van der Waals surface area (Å²) in [5, 5.41) is 0. The molecule has 0 saturated heterocycles. The largest absolute Gasteiger partial charge is 0.294 e. The second kappa shape index (κ2) is 6.41. The van der Waals surface area contributed by atoms with E-state index >= 15 is 0 Å². The van der Waals surface area contributed by atoms with Crippen LogP contribution in [0.5, 0.6) is 0 Å². The monoisotopic (exact) mass is 367 g/mol. The van der Waals surface area contributed by atoms with E-state index in [1.165, 1.54) is 12.1 Å². The number of hydrogen-bond donors (Lipinski definition) is 1. The van der Waals surface area contributed by atoms with Crippen LogP contribution >= 0.6 is 15.9 Å². The van der Waals surface area contributed by atoms with E-state index in [4.69, 9.17) is 0 Å². The van der Waals surface area contributed by atoms with Gasteiger partial charge in [-0.3, -0.25) is 9.52 Å². The van der Waals surface area contributed by atoms with Crippen molar-refractivity contribution < 1.29 is 13.2 Å². The topological polar surface area (TPSA) is 63.2 Å². The summed E-state index contributed by atoms with van der Waals surface area (Å²) in [6, 6.07) is 12.9. The number of ketones is 1. The Labute approximate surface area is 132 Å². The second-order valence-electron chi connectivity index (χ2n) is 4.42. The highest BCUT2D eigenvalue weighted by atomic mass is 79.9. The number of hydrogen-bond acceptors (Lipinski definition) is 3. The lowest BCUT2D eigenvalue weighted by Gasteiger charge is -2.09. The molecule has 6 heteroatoms. The van der Waals surface area contributed by atoms with Crippen molar-refractivity contribution in [2.24, 2.45) is 0 Å². The molecule has 21 heavy (non-hydrogen) atoms. The lowest BCUT2D eigenvalue weighted by molar-refractivity contribution is 0.0988. The van der Waals surface area contributed by atoms with Crippen LogP contribution in [0.2, 0.25) is 0 Å². The minimum absolute atomic E-state index is 0.0711. The molecule has 0 saturated carbocycles. The normalized spacial score (nSPS) is 11.1. The molecule has 0 unspecified atom stereocenters. The first-order valence-corrected chi connectivity index (χ1v) is 8.61. The van der Waals surface area contributed by atoms with E-state index in [-0.39, 0.29) is 10.7 Å². The van der Waals surface area contributed by atoms with Crippen molar-refractivity contribution in [3.8, 4) is 0 Å². The van der Waals surface area contributed by atoms with Crippen LogP contribution in [0.4, 0.5) is 5.69 Å². The Morgan fingerprint density at radius 3 is 2.52 bits per heavy atom. The Balaban J connectivity index is 2.33. The Morgan fingerprint density at radius 2 is 1.86 bits per heavy atom. The quantitative estimate of drug-likeness (QED) is 0.816. The van der Waals surface area contributed by atoms with Gasteiger partial charge in [0.2, 0.25) is 0 Å². The van der Waals surface area contributed by atoms with Crippen LogP contribution in [0.3, 0.4) is 0 Å². The number of anilines is 1. The summed E-state index contributed by atoms with van der Waals surface area (Å²) in [5.41, 5.74) is 0.853. The molecule has 110 valence electrons. The zero-order valence-corrected chi connectivity index (χ0v) is 13.7. The summed E-state index contributed by atoms with van der Waals surface area (Å²) in [4.78, 5) is 11.7. The van der Waals surface area contributed by atoms with Crippen LogP contribution in [0.1, 0.15) is 23.7 Å². The maximum Gasteiger partial charge on any atom is 0.261 e.